The highest BCUT2D eigenvalue weighted by molar-refractivity contribution is 5.98. The van der Waals surface area contributed by atoms with Crippen LogP contribution in [-0.2, 0) is 9.59 Å². The Labute approximate surface area is 81.0 Å². The van der Waals surface area contributed by atoms with Crippen LogP contribution in [0.2, 0.25) is 0 Å². The van der Waals surface area contributed by atoms with Crippen molar-refractivity contribution in [3.8, 4) is 0 Å². The normalized spacial score (nSPS) is 8.57. The molecule has 0 unspecified atom stereocenters. The van der Waals surface area contributed by atoms with Gasteiger partial charge < -0.3 is 5.32 Å². The highest BCUT2D eigenvalue weighted by Crippen LogP contribution is 2.15. The molecule has 0 heterocycles. The van der Waals surface area contributed by atoms with E-state index in [1.165, 1.54) is 12.2 Å². The summed E-state index contributed by atoms with van der Waals surface area (Å²) in [4.78, 5) is 24.2. The van der Waals surface area contributed by atoms with E-state index < -0.39 is 0 Å². The molecule has 0 bridgehead atoms. The lowest BCUT2D eigenvalue weighted by atomic mass is 10.3. The van der Waals surface area contributed by atoms with Gasteiger partial charge in [0.15, 0.2) is 0 Å². The summed E-state index contributed by atoms with van der Waals surface area (Å²) in [6.07, 6.45) is 2.60. The van der Waals surface area contributed by atoms with Crippen molar-refractivity contribution in [2.75, 3.05) is 5.32 Å². The highest BCUT2D eigenvalue weighted by atomic mass is 16.1. The van der Waals surface area contributed by atoms with Gasteiger partial charge in [0.2, 0.25) is 12.0 Å². The molecule has 1 rings (SSSR count). The van der Waals surface area contributed by atoms with Crippen LogP contribution < -0.4 is 5.32 Å². The molecule has 1 aromatic carbocycles. The van der Waals surface area contributed by atoms with E-state index in [2.05, 4.69) is 16.9 Å². The number of isocyanates is 1. The van der Waals surface area contributed by atoms with Gasteiger partial charge in [-0.25, -0.2) is 4.79 Å². The van der Waals surface area contributed by atoms with Crippen molar-refractivity contribution >= 4 is 23.4 Å². The van der Waals surface area contributed by atoms with E-state index in [4.69, 9.17) is 0 Å². The molecule has 14 heavy (non-hydrogen) atoms. The Morgan fingerprint density at radius 1 is 1.43 bits per heavy atom. The van der Waals surface area contributed by atoms with E-state index in [1.807, 2.05) is 0 Å². The topological polar surface area (TPSA) is 58.5 Å². The molecular weight excluding hydrogens is 180 g/mol. The van der Waals surface area contributed by atoms with Gasteiger partial charge in [0, 0.05) is 5.69 Å². The molecule has 1 N–H and O–H groups in total. The molecule has 70 valence electrons. The molecule has 0 atom stereocenters. The van der Waals surface area contributed by atoms with Gasteiger partial charge in [-0.2, -0.15) is 4.99 Å². The van der Waals surface area contributed by atoms with Crippen molar-refractivity contribution in [1.82, 2.24) is 0 Å². The van der Waals surface area contributed by atoms with Crippen molar-refractivity contribution in [1.29, 1.82) is 0 Å². The van der Waals surface area contributed by atoms with Crippen LogP contribution in [0.1, 0.15) is 0 Å². The van der Waals surface area contributed by atoms with Gasteiger partial charge in [0.1, 0.15) is 0 Å². The van der Waals surface area contributed by atoms with E-state index in [9.17, 15) is 9.59 Å². The highest BCUT2D eigenvalue weighted by Gasteiger charge is 1.96. The molecule has 0 aliphatic heterocycles. The zero-order chi connectivity index (χ0) is 10.4. The summed E-state index contributed by atoms with van der Waals surface area (Å²) in [6.45, 7) is 3.32. The lowest BCUT2D eigenvalue weighted by molar-refractivity contribution is -0.111. The minimum absolute atomic E-state index is 0.281. The first-order valence-corrected chi connectivity index (χ1v) is 3.87. The van der Waals surface area contributed by atoms with Crippen LogP contribution in [0.5, 0.6) is 0 Å². The minimum Gasteiger partial charge on any atom is -0.323 e. The standard InChI is InChI=1S/C10H8N2O2/c1-2-10(14)12-9-5-3-8(4-6-9)11-7-13/h2-6H,1H2,(H,12,14). The van der Waals surface area contributed by atoms with Gasteiger partial charge in [-0.1, -0.05) is 6.58 Å². The van der Waals surface area contributed by atoms with Crippen molar-refractivity contribution in [2.45, 2.75) is 0 Å². The zero-order valence-corrected chi connectivity index (χ0v) is 7.36. The summed E-state index contributed by atoms with van der Waals surface area (Å²) in [5, 5.41) is 2.56. The molecule has 0 aliphatic rings. The molecule has 4 nitrogen and oxygen atoms in total. The van der Waals surface area contributed by atoms with Gasteiger partial charge in [-0.3, -0.25) is 4.79 Å². The van der Waals surface area contributed by atoms with Crippen LogP contribution in [0.3, 0.4) is 0 Å². The number of hydrogen-bond acceptors (Lipinski definition) is 3. The third-order valence-electron chi connectivity index (χ3n) is 1.49. The summed E-state index contributed by atoms with van der Waals surface area (Å²) in [5.41, 5.74) is 1.12. The number of hydrogen-bond donors (Lipinski definition) is 1. The first-order valence-electron chi connectivity index (χ1n) is 3.87. The van der Waals surface area contributed by atoms with Gasteiger partial charge in [0.05, 0.1) is 5.69 Å². The largest absolute Gasteiger partial charge is 0.323 e. The monoisotopic (exact) mass is 188 g/mol. The fraction of sp³-hybridized carbons (Fsp3) is 0. The minimum atomic E-state index is -0.281. The maximum atomic E-state index is 10.9. The van der Waals surface area contributed by atoms with Crippen molar-refractivity contribution in [3.05, 3.63) is 36.9 Å². The summed E-state index contributed by atoms with van der Waals surface area (Å²) >= 11 is 0. The number of anilines is 1. The van der Waals surface area contributed by atoms with E-state index >= 15 is 0 Å². The number of carbonyl (C=O) groups excluding carboxylic acids is 2. The third-order valence-corrected chi connectivity index (χ3v) is 1.49. The molecular formula is C10H8N2O2. The van der Waals surface area contributed by atoms with Gasteiger partial charge in [0.25, 0.3) is 0 Å². The van der Waals surface area contributed by atoms with E-state index in [0.29, 0.717) is 11.4 Å². The van der Waals surface area contributed by atoms with E-state index in [0.717, 1.165) is 0 Å². The Bertz CT molecular complexity index is 389. The quantitative estimate of drug-likeness (QED) is 0.446. The molecule has 0 fully saturated rings. The second-order valence-corrected chi connectivity index (χ2v) is 2.44. The molecule has 0 radical (unpaired) electrons. The van der Waals surface area contributed by atoms with Gasteiger partial charge in [-0.15, -0.1) is 0 Å². The molecule has 0 saturated heterocycles. The average Bonchev–Trinajstić information content (AvgIpc) is 2.21. The summed E-state index contributed by atoms with van der Waals surface area (Å²) in [5.74, 6) is -0.281. The second-order valence-electron chi connectivity index (χ2n) is 2.44. The smallest absolute Gasteiger partial charge is 0.247 e. The Morgan fingerprint density at radius 3 is 2.57 bits per heavy atom. The molecule has 0 saturated carbocycles. The molecule has 0 aromatic heterocycles. The summed E-state index contributed by atoms with van der Waals surface area (Å²) in [7, 11) is 0. The molecule has 4 heteroatoms. The Hall–Kier alpha value is -2.19. The Kier molecular flexibility index (Phi) is 3.35. The van der Waals surface area contributed by atoms with Crippen molar-refractivity contribution < 1.29 is 9.59 Å². The number of benzene rings is 1. The number of nitrogens with zero attached hydrogens (tertiary/aromatic N) is 1. The number of rotatable bonds is 3. The fourth-order valence-electron chi connectivity index (χ4n) is 0.865. The lowest BCUT2D eigenvalue weighted by Crippen LogP contribution is -2.06. The van der Waals surface area contributed by atoms with Crippen LogP contribution in [0.25, 0.3) is 0 Å². The zero-order valence-electron chi connectivity index (χ0n) is 7.36. The number of nitrogens with one attached hydrogen (secondary N) is 1. The number of amides is 1. The predicted molar refractivity (Wildman–Crippen MR) is 53.1 cm³/mol. The molecule has 0 aliphatic carbocycles. The maximum absolute atomic E-state index is 10.9. The van der Waals surface area contributed by atoms with Crippen LogP contribution in [0, 0.1) is 0 Å². The Morgan fingerprint density at radius 2 is 2.07 bits per heavy atom. The Balaban J connectivity index is 2.77. The van der Waals surface area contributed by atoms with Crippen LogP contribution >= 0.6 is 0 Å². The van der Waals surface area contributed by atoms with E-state index in [1.54, 1.807) is 24.3 Å². The van der Waals surface area contributed by atoms with E-state index in [-0.39, 0.29) is 5.91 Å². The summed E-state index contributed by atoms with van der Waals surface area (Å²) in [6, 6.07) is 6.47. The molecule has 1 amide bonds. The predicted octanol–water partition coefficient (Wildman–Crippen LogP) is 1.78. The fourth-order valence-corrected chi connectivity index (χ4v) is 0.865. The first-order chi connectivity index (χ1) is 6.76. The lowest BCUT2D eigenvalue weighted by Gasteiger charge is -2.00. The van der Waals surface area contributed by atoms with Crippen LogP contribution in [0.15, 0.2) is 41.9 Å². The molecule has 0 spiro atoms. The van der Waals surface area contributed by atoms with Gasteiger partial charge in [-0.05, 0) is 30.3 Å². The number of carbonyl (C=O) groups is 1. The maximum Gasteiger partial charge on any atom is 0.247 e. The number of aliphatic imine (C=N–C) groups is 1. The SMILES string of the molecule is C=CC(=O)Nc1ccc(N=C=O)cc1. The molecule has 1 aromatic rings. The average molecular weight is 188 g/mol. The van der Waals surface area contributed by atoms with Gasteiger partial charge >= 0.3 is 0 Å². The summed E-state index contributed by atoms with van der Waals surface area (Å²) < 4.78 is 0. The van der Waals surface area contributed by atoms with Crippen LogP contribution in [0.4, 0.5) is 11.4 Å². The van der Waals surface area contributed by atoms with Crippen molar-refractivity contribution in [3.63, 3.8) is 0 Å². The first kappa shape index (κ1) is 9.89. The third kappa shape index (κ3) is 2.69. The second kappa shape index (κ2) is 4.74. The van der Waals surface area contributed by atoms with Crippen LogP contribution in [-0.4, -0.2) is 12.0 Å². The van der Waals surface area contributed by atoms with Crippen molar-refractivity contribution in [2.24, 2.45) is 4.99 Å².